The molecule has 26 heavy (non-hydrogen) atoms. The Balaban J connectivity index is 2.00. The SMILES string of the molecule is COC(=O)/C=C(/Nc1cc2c(cc1C(=O)C1CC1)OCCO2)C(=O)OC. The van der Waals surface area contributed by atoms with E-state index in [-0.39, 0.29) is 17.4 Å². The Hall–Kier alpha value is -3.03. The molecule has 1 N–H and O–H groups in total. The molecule has 2 aliphatic rings. The molecular formula is C18H19NO7. The smallest absolute Gasteiger partial charge is 0.354 e. The Morgan fingerprint density at radius 3 is 2.31 bits per heavy atom. The van der Waals surface area contributed by atoms with Gasteiger partial charge in [0, 0.05) is 17.5 Å². The van der Waals surface area contributed by atoms with Gasteiger partial charge in [0.05, 0.1) is 26.0 Å². The zero-order valence-electron chi connectivity index (χ0n) is 14.5. The van der Waals surface area contributed by atoms with Crippen LogP contribution < -0.4 is 14.8 Å². The highest BCUT2D eigenvalue weighted by atomic mass is 16.6. The zero-order valence-corrected chi connectivity index (χ0v) is 14.5. The van der Waals surface area contributed by atoms with Crippen molar-refractivity contribution < 1.29 is 33.3 Å². The number of methoxy groups -OCH3 is 2. The van der Waals surface area contributed by atoms with Crippen molar-refractivity contribution >= 4 is 23.4 Å². The Kier molecular flexibility index (Phi) is 5.11. The summed E-state index contributed by atoms with van der Waals surface area (Å²) in [7, 11) is 2.38. The predicted molar refractivity (Wildman–Crippen MR) is 90.2 cm³/mol. The molecule has 3 rings (SSSR count). The molecule has 138 valence electrons. The van der Waals surface area contributed by atoms with Crippen LogP contribution in [0.5, 0.6) is 11.5 Å². The van der Waals surface area contributed by atoms with Crippen molar-refractivity contribution in [3.05, 3.63) is 29.5 Å². The fraction of sp³-hybridized carbons (Fsp3) is 0.389. The van der Waals surface area contributed by atoms with Gasteiger partial charge in [-0.1, -0.05) is 0 Å². The van der Waals surface area contributed by atoms with E-state index in [1.807, 2.05) is 0 Å². The van der Waals surface area contributed by atoms with Gasteiger partial charge in [-0.2, -0.15) is 0 Å². The maximum absolute atomic E-state index is 12.6. The van der Waals surface area contributed by atoms with Gasteiger partial charge >= 0.3 is 11.9 Å². The summed E-state index contributed by atoms with van der Waals surface area (Å²) in [6.07, 6.45) is 2.62. The lowest BCUT2D eigenvalue weighted by molar-refractivity contribution is -0.138. The van der Waals surface area contributed by atoms with Gasteiger partial charge in [-0.25, -0.2) is 9.59 Å². The Morgan fingerprint density at radius 1 is 1.08 bits per heavy atom. The van der Waals surface area contributed by atoms with Crippen LogP contribution in [0.15, 0.2) is 23.9 Å². The minimum absolute atomic E-state index is 0.0377. The first-order valence-electron chi connectivity index (χ1n) is 8.16. The van der Waals surface area contributed by atoms with Crippen molar-refractivity contribution in [1.82, 2.24) is 0 Å². The molecule has 1 fully saturated rings. The van der Waals surface area contributed by atoms with Gasteiger partial charge in [-0.05, 0) is 18.9 Å². The third kappa shape index (κ3) is 3.79. The first kappa shape index (κ1) is 17.8. The molecule has 0 atom stereocenters. The van der Waals surface area contributed by atoms with E-state index in [1.165, 1.54) is 14.2 Å². The summed E-state index contributed by atoms with van der Waals surface area (Å²) in [5, 5.41) is 2.81. The lowest BCUT2D eigenvalue weighted by atomic mass is 10.0. The summed E-state index contributed by atoms with van der Waals surface area (Å²) in [4.78, 5) is 36.2. The minimum atomic E-state index is -0.768. The van der Waals surface area contributed by atoms with Crippen molar-refractivity contribution in [2.45, 2.75) is 12.8 Å². The predicted octanol–water partition coefficient (Wildman–Crippen LogP) is 1.69. The second kappa shape index (κ2) is 7.47. The van der Waals surface area contributed by atoms with Crippen LogP contribution in [0, 0.1) is 5.92 Å². The van der Waals surface area contributed by atoms with E-state index in [0.717, 1.165) is 18.9 Å². The van der Waals surface area contributed by atoms with Gasteiger partial charge in [-0.3, -0.25) is 4.79 Å². The number of hydrogen-bond donors (Lipinski definition) is 1. The maximum atomic E-state index is 12.6. The van der Waals surface area contributed by atoms with E-state index in [9.17, 15) is 14.4 Å². The summed E-state index contributed by atoms with van der Waals surface area (Å²) in [5.74, 6) is -0.660. The number of fused-ring (bicyclic) bond motifs is 1. The summed E-state index contributed by atoms with van der Waals surface area (Å²) in [5.41, 5.74) is 0.559. The molecule has 1 saturated carbocycles. The largest absolute Gasteiger partial charge is 0.486 e. The summed E-state index contributed by atoms with van der Waals surface area (Å²) >= 11 is 0. The number of carbonyl (C=O) groups is 3. The maximum Gasteiger partial charge on any atom is 0.354 e. The van der Waals surface area contributed by atoms with E-state index < -0.39 is 11.9 Å². The first-order valence-corrected chi connectivity index (χ1v) is 8.16. The van der Waals surface area contributed by atoms with Crippen LogP contribution in [-0.2, 0) is 19.1 Å². The van der Waals surface area contributed by atoms with Crippen molar-refractivity contribution in [3.8, 4) is 11.5 Å². The van der Waals surface area contributed by atoms with Crippen molar-refractivity contribution in [3.63, 3.8) is 0 Å². The van der Waals surface area contributed by atoms with Gasteiger partial charge in [0.1, 0.15) is 18.9 Å². The third-order valence-corrected chi connectivity index (χ3v) is 4.03. The van der Waals surface area contributed by atoms with Gasteiger partial charge in [0.25, 0.3) is 0 Å². The van der Waals surface area contributed by atoms with E-state index in [1.54, 1.807) is 12.1 Å². The molecule has 8 heteroatoms. The fourth-order valence-electron chi connectivity index (χ4n) is 2.54. The highest BCUT2D eigenvalue weighted by Gasteiger charge is 2.33. The quantitative estimate of drug-likeness (QED) is 0.464. The fourth-order valence-corrected chi connectivity index (χ4v) is 2.54. The number of benzene rings is 1. The average molecular weight is 361 g/mol. The topological polar surface area (TPSA) is 100 Å². The average Bonchev–Trinajstić information content (AvgIpc) is 3.50. The van der Waals surface area contributed by atoms with E-state index in [0.29, 0.717) is 36.0 Å². The van der Waals surface area contributed by atoms with Crippen molar-refractivity contribution in [1.29, 1.82) is 0 Å². The van der Waals surface area contributed by atoms with Gasteiger partial charge in [0.15, 0.2) is 17.3 Å². The molecule has 0 amide bonds. The van der Waals surface area contributed by atoms with Crippen molar-refractivity contribution in [2.24, 2.45) is 5.92 Å². The molecule has 0 saturated heterocycles. The third-order valence-electron chi connectivity index (χ3n) is 4.03. The van der Waals surface area contributed by atoms with Crippen LogP contribution in [0.1, 0.15) is 23.2 Å². The van der Waals surface area contributed by atoms with Crippen LogP contribution in [0.25, 0.3) is 0 Å². The molecule has 0 unspecified atom stereocenters. The van der Waals surface area contributed by atoms with Gasteiger partial charge < -0.3 is 24.3 Å². The number of ketones is 1. The van der Waals surface area contributed by atoms with Crippen LogP contribution in [0.3, 0.4) is 0 Å². The van der Waals surface area contributed by atoms with Gasteiger partial charge in [0.2, 0.25) is 0 Å². The second-order valence-electron chi connectivity index (χ2n) is 5.88. The number of hydrogen-bond acceptors (Lipinski definition) is 8. The van der Waals surface area contributed by atoms with E-state index in [4.69, 9.17) is 9.47 Å². The Bertz CT molecular complexity index is 780. The molecule has 0 spiro atoms. The van der Waals surface area contributed by atoms with Crippen LogP contribution in [0.4, 0.5) is 5.69 Å². The highest BCUT2D eigenvalue weighted by molar-refractivity contribution is 6.06. The summed E-state index contributed by atoms with van der Waals surface area (Å²) < 4.78 is 20.3. The zero-order chi connectivity index (χ0) is 18.7. The lowest BCUT2D eigenvalue weighted by Crippen LogP contribution is -2.19. The minimum Gasteiger partial charge on any atom is -0.486 e. The number of Topliss-reactive ketones (excluding diaryl/α,β-unsaturated/α-hetero) is 1. The molecule has 1 aromatic rings. The first-order chi connectivity index (χ1) is 12.5. The molecule has 8 nitrogen and oxygen atoms in total. The molecular weight excluding hydrogens is 342 g/mol. The van der Waals surface area contributed by atoms with Crippen LogP contribution >= 0.6 is 0 Å². The molecule has 1 aliphatic carbocycles. The number of anilines is 1. The van der Waals surface area contributed by atoms with Crippen molar-refractivity contribution in [2.75, 3.05) is 32.8 Å². The molecule has 1 aliphatic heterocycles. The normalized spacial score (nSPS) is 15.8. The molecule has 0 radical (unpaired) electrons. The standard InChI is InChI=1S/C18H19NO7/c1-23-16(20)9-13(18(22)24-2)19-12-8-15-14(25-5-6-26-15)7-11(12)17(21)10-3-4-10/h7-10,19H,3-6H2,1-2H3/b13-9+. The molecule has 0 bridgehead atoms. The summed E-state index contributed by atoms with van der Waals surface area (Å²) in [6.45, 7) is 0.775. The number of nitrogens with one attached hydrogen (secondary N) is 1. The Morgan fingerprint density at radius 2 is 1.73 bits per heavy atom. The number of esters is 2. The molecule has 1 heterocycles. The molecule has 0 aromatic heterocycles. The number of carbonyl (C=O) groups excluding carboxylic acids is 3. The number of rotatable bonds is 6. The van der Waals surface area contributed by atoms with Crippen LogP contribution in [0.2, 0.25) is 0 Å². The van der Waals surface area contributed by atoms with E-state index >= 15 is 0 Å². The lowest BCUT2D eigenvalue weighted by Gasteiger charge is -2.21. The summed E-state index contributed by atoms with van der Waals surface area (Å²) in [6, 6.07) is 3.18. The second-order valence-corrected chi connectivity index (χ2v) is 5.88. The highest BCUT2D eigenvalue weighted by Crippen LogP contribution is 2.40. The number of ether oxygens (including phenoxy) is 4. The monoisotopic (exact) mass is 361 g/mol. The Labute approximate surface area is 150 Å². The molecule has 1 aromatic carbocycles. The van der Waals surface area contributed by atoms with Crippen LogP contribution in [-0.4, -0.2) is 45.2 Å². The van der Waals surface area contributed by atoms with Gasteiger partial charge in [-0.15, -0.1) is 0 Å². The van der Waals surface area contributed by atoms with E-state index in [2.05, 4.69) is 14.8 Å².